The highest BCUT2D eigenvalue weighted by atomic mass is 35.5. The molecular formula is C18H16ClN3O3. The molecule has 1 saturated heterocycles. The largest absolute Gasteiger partial charge is 0.329 e. The van der Waals surface area contributed by atoms with Gasteiger partial charge in [0.1, 0.15) is 0 Å². The zero-order valence-corrected chi connectivity index (χ0v) is 14.3. The smallest absolute Gasteiger partial charge is 0.324 e. The van der Waals surface area contributed by atoms with Gasteiger partial charge >= 0.3 is 6.03 Å². The first-order valence-corrected chi connectivity index (χ1v) is 8.06. The zero-order valence-electron chi connectivity index (χ0n) is 13.5. The summed E-state index contributed by atoms with van der Waals surface area (Å²) in [5, 5.41) is 5.84. The monoisotopic (exact) mass is 357 g/mol. The molecule has 25 heavy (non-hydrogen) atoms. The molecule has 0 unspecified atom stereocenters. The normalized spacial score (nSPS) is 13.8. The number of aryl methyl sites for hydroxylation is 1. The Bertz CT molecular complexity index is 833. The van der Waals surface area contributed by atoms with Crippen molar-refractivity contribution < 1.29 is 14.4 Å². The fraction of sp³-hybridized carbons (Fsp3) is 0.167. The van der Waals surface area contributed by atoms with Crippen LogP contribution in [0.2, 0.25) is 5.02 Å². The van der Waals surface area contributed by atoms with Crippen LogP contribution in [-0.2, 0) is 11.3 Å². The van der Waals surface area contributed by atoms with E-state index in [1.165, 1.54) is 0 Å². The summed E-state index contributed by atoms with van der Waals surface area (Å²) < 4.78 is 0. The zero-order chi connectivity index (χ0) is 18.0. The van der Waals surface area contributed by atoms with Gasteiger partial charge in [-0.05, 0) is 42.3 Å². The second kappa shape index (κ2) is 6.94. The molecule has 2 aromatic rings. The molecule has 0 aromatic heterocycles. The Morgan fingerprint density at radius 1 is 1.20 bits per heavy atom. The molecule has 4 amide bonds. The number of carbonyl (C=O) groups is 3. The first kappa shape index (κ1) is 17.0. The topological polar surface area (TPSA) is 78.5 Å². The number of carbonyl (C=O) groups excluding carboxylic acids is 3. The third-order valence-corrected chi connectivity index (χ3v) is 4.18. The lowest BCUT2D eigenvalue weighted by atomic mass is 10.1. The van der Waals surface area contributed by atoms with Gasteiger partial charge in [0.2, 0.25) is 5.91 Å². The Morgan fingerprint density at radius 3 is 2.56 bits per heavy atom. The van der Waals surface area contributed by atoms with E-state index in [1.807, 2.05) is 13.0 Å². The third kappa shape index (κ3) is 3.80. The molecule has 2 N–H and O–H groups in total. The quantitative estimate of drug-likeness (QED) is 0.826. The molecule has 1 fully saturated rings. The van der Waals surface area contributed by atoms with Gasteiger partial charge in [0.15, 0.2) is 0 Å². The second-order valence-corrected chi connectivity index (χ2v) is 6.19. The molecule has 7 heteroatoms. The van der Waals surface area contributed by atoms with Crippen molar-refractivity contribution in [2.45, 2.75) is 13.5 Å². The predicted octanol–water partition coefficient (Wildman–Crippen LogP) is 2.95. The maximum atomic E-state index is 12.4. The average Bonchev–Trinajstić information content (AvgIpc) is 2.91. The maximum Gasteiger partial charge on any atom is 0.324 e. The molecule has 0 radical (unpaired) electrons. The van der Waals surface area contributed by atoms with Gasteiger partial charge < -0.3 is 10.6 Å². The number of nitrogens with one attached hydrogen (secondary N) is 2. The number of hydrogen-bond donors (Lipinski definition) is 2. The molecule has 0 atom stereocenters. The molecule has 1 aliphatic heterocycles. The van der Waals surface area contributed by atoms with Crippen LogP contribution in [0.25, 0.3) is 0 Å². The van der Waals surface area contributed by atoms with E-state index in [9.17, 15) is 14.4 Å². The molecule has 6 nitrogen and oxygen atoms in total. The highest BCUT2D eigenvalue weighted by Gasteiger charge is 2.28. The Kier molecular flexibility index (Phi) is 4.72. The summed E-state index contributed by atoms with van der Waals surface area (Å²) in [6.45, 7) is 2.09. The van der Waals surface area contributed by atoms with Crippen LogP contribution in [0.5, 0.6) is 0 Å². The lowest BCUT2D eigenvalue weighted by Crippen LogP contribution is -2.30. The lowest BCUT2D eigenvalue weighted by Gasteiger charge is -2.13. The Balaban J connectivity index is 1.69. The number of halogens is 1. The van der Waals surface area contributed by atoms with E-state index in [0.29, 0.717) is 16.3 Å². The Morgan fingerprint density at radius 2 is 1.92 bits per heavy atom. The van der Waals surface area contributed by atoms with Crippen molar-refractivity contribution in [3.8, 4) is 0 Å². The van der Waals surface area contributed by atoms with Crippen LogP contribution in [0.3, 0.4) is 0 Å². The number of anilines is 1. The Hall–Kier alpha value is -2.86. The minimum Gasteiger partial charge on any atom is -0.329 e. The molecule has 0 saturated carbocycles. The first-order chi connectivity index (χ1) is 11.9. The summed E-state index contributed by atoms with van der Waals surface area (Å²) in [6.07, 6.45) is 0. The van der Waals surface area contributed by atoms with Crippen molar-refractivity contribution in [3.05, 3.63) is 64.2 Å². The molecular weight excluding hydrogens is 342 g/mol. The van der Waals surface area contributed by atoms with Crippen LogP contribution in [0.4, 0.5) is 10.5 Å². The summed E-state index contributed by atoms with van der Waals surface area (Å²) in [6, 6.07) is 11.6. The van der Waals surface area contributed by atoms with Crippen LogP contribution in [0.15, 0.2) is 42.5 Å². The van der Waals surface area contributed by atoms with Gasteiger partial charge in [-0.15, -0.1) is 0 Å². The first-order valence-electron chi connectivity index (χ1n) is 7.68. The fourth-order valence-corrected chi connectivity index (χ4v) is 2.65. The number of amides is 4. The summed E-state index contributed by atoms with van der Waals surface area (Å²) in [7, 11) is 0. The van der Waals surface area contributed by atoms with Gasteiger partial charge in [-0.3, -0.25) is 14.5 Å². The van der Waals surface area contributed by atoms with Gasteiger partial charge in [-0.2, -0.15) is 0 Å². The number of hydrogen-bond acceptors (Lipinski definition) is 3. The van der Waals surface area contributed by atoms with Crippen molar-refractivity contribution in [2.75, 3.05) is 11.9 Å². The molecule has 0 bridgehead atoms. The highest BCUT2D eigenvalue weighted by molar-refractivity contribution is 6.31. The molecule has 3 rings (SSSR count). The average molecular weight is 358 g/mol. The van der Waals surface area contributed by atoms with Crippen LogP contribution >= 0.6 is 11.6 Å². The summed E-state index contributed by atoms with van der Waals surface area (Å²) in [4.78, 5) is 36.6. The number of urea groups is 1. The molecule has 0 aliphatic carbocycles. The van der Waals surface area contributed by atoms with Crippen LogP contribution < -0.4 is 10.6 Å². The summed E-state index contributed by atoms with van der Waals surface area (Å²) in [5.41, 5.74) is 2.80. The van der Waals surface area contributed by atoms with Crippen LogP contribution in [-0.4, -0.2) is 29.3 Å². The van der Waals surface area contributed by atoms with Gasteiger partial charge in [0, 0.05) is 16.3 Å². The van der Waals surface area contributed by atoms with E-state index in [-0.39, 0.29) is 24.9 Å². The van der Waals surface area contributed by atoms with Crippen molar-refractivity contribution in [2.24, 2.45) is 0 Å². The Labute approximate surface area is 149 Å². The van der Waals surface area contributed by atoms with Gasteiger partial charge in [-0.1, -0.05) is 29.8 Å². The lowest BCUT2D eigenvalue weighted by molar-refractivity contribution is -0.125. The number of imide groups is 1. The van der Waals surface area contributed by atoms with Gasteiger partial charge in [-0.25, -0.2) is 4.79 Å². The third-order valence-electron chi connectivity index (χ3n) is 3.94. The minimum absolute atomic E-state index is 0.0261. The van der Waals surface area contributed by atoms with E-state index in [0.717, 1.165) is 16.0 Å². The van der Waals surface area contributed by atoms with Crippen molar-refractivity contribution >= 4 is 35.1 Å². The van der Waals surface area contributed by atoms with Crippen molar-refractivity contribution in [1.29, 1.82) is 0 Å². The highest BCUT2D eigenvalue weighted by Crippen LogP contribution is 2.21. The molecule has 0 spiro atoms. The van der Waals surface area contributed by atoms with E-state index in [2.05, 4.69) is 10.6 Å². The predicted molar refractivity (Wildman–Crippen MR) is 94.5 cm³/mol. The number of nitrogens with zero attached hydrogens (tertiary/aromatic N) is 1. The van der Waals surface area contributed by atoms with Gasteiger partial charge in [0.05, 0.1) is 13.1 Å². The SMILES string of the molecule is Cc1ccc(Cl)cc1NC(=O)c1ccc(CN2C(=O)CNC2=O)cc1. The van der Waals surface area contributed by atoms with Crippen molar-refractivity contribution in [1.82, 2.24) is 10.2 Å². The van der Waals surface area contributed by atoms with E-state index >= 15 is 0 Å². The van der Waals surface area contributed by atoms with E-state index < -0.39 is 6.03 Å². The second-order valence-electron chi connectivity index (χ2n) is 5.75. The maximum absolute atomic E-state index is 12.4. The minimum atomic E-state index is -0.400. The standard InChI is InChI=1S/C18H16ClN3O3/c1-11-2-7-14(19)8-15(11)21-17(24)13-5-3-12(4-6-13)10-22-16(23)9-20-18(22)25/h2-8H,9-10H2,1H3,(H,20,25)(H,21,24). The molecule has 1 aliphatic rings. The number of benzene rings is 2. The van der Waals surface area contributed by atoms with Crippen LogP contribution in [0, 0.1) is 6.92 Å². The molecule has 128 valence electrons. The summed E-state index contributed by atoms with van der Waals surface area (Å²) >= 11 is 5.96. The van der Waals surface area contributed by atoms with Gasteiger partial charge in [0.25, 0.3) is 5.91 Å². The molecule has 2 aromatic carbocycles. The van der Waals surface area contributed by atoms with Crippen molar-refractivity contribution in [3.63, 3.8) is 0 Å². The van der Waals surface area contributed by atoms with E-state index in [1.54, 1.807) is 36.4 Å². The van der Waals surface area contributed by atoms with E-state index in [4.69, 9.17) is 11.6 Å². The number of rotatable bonds is 4. The summed E-state index contributed by atoms with van der Waals surface area (Å²) in [5.74, 6) is -0.518. The fourth-order valence-electron chi connectivity index (χ4n) is 2.48. The van der Waals surface area contributed by atoms with Crippen LogP contribution in [0.1, 0.15) is 21.5 Å². The molecule has 1 heterocycles.